The second-order valence-electron chi connectivity index (χ2n) is 4.16. The van der Waals surface area contributed by atoms with Gasteiger partial charge in [-0.25, -0.2) is 0 Å². The molecule has 1 heterocycles. The lowest BCUT2D eigenvalue weighted by Gasteiger charge is -2.12. The molecule has 1 aromatic carbocycles. The summed E-state index contributed by atoms with van der Waals surface area (Å²) < 4.78 is 16.9. The summed E-state index contributed by atoms with van der Waals surface area (Å²) in [7, 11) is 1.64. The highest BCUT2D eigenvalue weighted by Gasteiger charge is 2.08. The first-order valence-corrected chi connectivity index (χ1v) is 7.05. The molecule has 0 fully saturated rings. The van der Waals surface area contributed by atoms with E-state index in [1.807, 2.05) is 18.2 Å². The van der Waals surface area contributed by atoms with Crippen LogP contribution in [0.1, 0.15) is 0 Å². The van der Waals surface area contributed by atoms with Gasteiger partial charge in [-0.2, -0.15) is 0 Å². The van der Waals surface area contributed by atoms with Gasteiger partial charge in [0.25, 0.3) is 0 Å². The molecule has 0 spiro atoms. The number of anilines is 1. The molecule has 2 N–H and O–H groups in total. The highest BCUT2D eigenvalue weighted by molar-refractivity contribution is 9.10. The van der Waals surface area contributed by atoms with Crippen LogP contribution >= 0.6 is 15.9 Å². The SMILES string of the molecule is COCCOCCOc1c(N)cnc2ccc(Br)cc12. The Bertz CT molecular complexity index is 572. The summed E-state index contributed by atoms with van der Waals surface area (Å²) in [5, 5.41) is 0.885. The lowest BCUT2D eigenvalue weighted by molar-refractivity contribution is 0.0548. The zero-order valence-electron chi connectivity index (χ0n) is 11.3. The number of ether oxygens (including phenoxy) is 3. The van der Waals surface area contributed by atoms with E-state index in [0.29, 0.717) is 37.9 Å². The molecule has 0 amide bonds. The van der Waals surface area contributed by atoms with E-state index in [9.17, 15) is 0 Å². The van der Waals surface area contributed by atoms with Crippen LogP contribution in [0.4, 0.5) is 5.69 Å². The molecule has 2 aromatic rings. The average molecular weight is 341 g/mol. The van der Waals surface area contributed by atoms with Gasteiger partial charge in [0, 0.05) is 17.0 Å². The number of nitrogens with zero attached hydrogens (tertiary/aromatic N) is 1. The van der Waals surface area contributed by atoms with Crippen molar-refractivity contribution in [2.24, 2.45) is 0 Å². The van der Waals surface area contributed by atoms with E-state index in [1.54, 1.807) is 13.3 Å². The molecule has 0 saturated carbocycles. The molecule has 0 aliphatic heterocycles. The Morgan fingerprint density at radius 1 is 1.20 bits per heavy atom. The van der Waals surface area contributed by atoms with Crippen LogP contribution in [0, 0.1) is 0 Å². The Kier molecular flexibility index (Phi) is 5.58. The molecule has 2 rings (SSSR count). The zero-order chi connectivity index (χ0) is 14.4. The molecule has 5 nitrogen and oxygen atoms in total. The third-order valence-electron chi connectivity index (χ3n) is 2.71. The monoisotopic (exact) mass is 340 g/mol. The number of methoxy groups -OCH3 is 1. The fourth-order valence-corrected chi connectivity index (χ4v) is 2.13. The maximum absolute atomic E-state index is 5.94. The highest BCUT2D eigenvalue weighted by atomic mass is 79.9. The van der Waals surface area contributed by atoms with Crippen LogP contribution in [0.3, 0.4) is 0 Å². The molecule has 0 aliphatic rings. The van der Waals surface area contributed by atoms with Crippen molar-refractivity contribution in [2.45, 2.75) is 0 Å². The number of benzene rings is 1. The Labute approximate surface area is 126 Å². The van der Waals surface area contributed by atoms with Gasteiger partial charge in [0.2, 0.25) is 0 Å². The first-order valence-electron chi connectivity index (χ1n) is 6.25. The van der Waals surface area contributed by atoms with E-state index in [0.717, 1.165) is 15.4 Å². The number of pyridine rings is 1. The predicted molar refractivity (Wildman–Crippen MR) is 82.0 cm³/mol. The predicted octanol–water partition coefficient (Wildman–Crippen LogP) is 2.62. The Balaban J connectivity index is 2.05. The van der Waals surface area contributed by atoms with Gasteiger partial charge in [0.05, 0.1) is 37.2 Å². The molecule has 0 atom stereocenters. The minimum Gasteiger partial charge on any atom is -0.488 e. The second kappa shape index (κ2) is 7.42. The normalized spacial score (nSPS) is 10.9. The molecule has 0 bridgehead atoms. The number of rotatable bonds is 7. The van der Waals surface area contributed by atoms with Crippen LogP contribution in [0.2, 0.25) is 0 Å². The Morgan fingerprint density at radius 3 is 2.80 bits per heavy atom. The number of fused-ring (bicyclic) bond motifs is 1. The number of halogens is 1. The lowest BCUT2D eigenvalue weighted by atomic mass is 10.2. The number of nitrogens with two attached hydrogens (primary N) is 1. The molecule has 0 aliphatic carbocycles. The number of hydrogen-bond donors (Lipinski definition) is 1. The number of hydrogen-bond acceptors (Lipinski definition) is 5. The number of nitrogen functional groups attached to an aromatic ring is 1. The standard InChI is InChI=1S/C14H17BrN2O3/c1-18-4-5-19-6-7-20-14-11-8-10(15)2-3-13(11)17-9-12(14)16/h2-3,8-9H,4-7,16H2,1H3. The summed E-state index contributed by atoms with van der Waals surface area (Å²) >= 11 is 3.44. The Morgan fingerprint density at radius 2 is 2.00 bits per heavy atom. The van der Waals surface area contributed by atoms with Crippen molar-refractivity contribution < 1.29 is 14.2 Å². The second-order valence-corrected chi connectivity index (χ2v) is 5.07. The molecule has 1 aromatic heterocycles. The van der Waals surface area contributed by atoms with Crippen molar-refractivity contribution in [1.29, 1.82) is 0 Å². The summed E-state index contributed by atoms with van der Waals surface area (Å²) in [5.41, 5.74) is 7.30. The minimum atomic E-state index is 0.430. The minimum absolute atomic E-state index is 0.430. The van der Waals surface area contributed by atoms with Crippen LogP contribution in [0.15, 0.2) is 28.9 Å². The first-order chi connectivity index (χ1) is 9.72. The van der Waals surface area contributed by atoms with Gasteiger partial charge in [0.15, 0.2) is 5.75 Å². The quantitative estimate of drug-likeness (QED) is 0.784. The Hall–Kier alpha value is -1.37. The fraction of sp³-hybridized carbons (Fsp3) is 0.357. The summed E-state index contributed by atoms with van der Waals surface area (Å²) in [6.45, 7) is 2.05. The smallest absolute Gasteiger partial charge is 0.153 e. The van der Waals surface area contributed by atoms with Crippen LogP contribution in [-0.2, 0) is 9.47 Å². The maximum Gasteiger partial charge on any atom is 0.153 e. The maximum atomic E-state index is 5.94. The largest absolute Gasteiger partial charge is 0.488 e. The third kappa shape index (κ3) is 3.82. The van der Waals surface area contributed by atoms with Gasteiger partial charge < -0.3 is 19.9 Å². The summed E-state index contributed by atoms with van der Waals surface area (Å²) in [6.07, 6.45) is 1.61. The van der Waals surface area contributed by atoms with Crippen molar-refractivity contribution in [1.82, 2.24) is 4.98 Å². The topological polar surface area (TPSA) is 66.6 Å². The molecular formula is C14H17BrN2O3. The molecule has 6 heteroatoms. The van der Waals surface area contributed by atoms with Crippen LogP contribution < -0.4 is 10.5 Å². The van der Waals surface area contributed by atoms with E-state index in [2.05, 4.69) is 20.9 Å². The summed E-state index contributed by atoms with van der Waals surface area (Å²) in [4.78, 5) is 4.28. The van der Waals surface area contributed by atoms with Crippen molar-refractivity contribution >= 4 is 32.5 Å². The van der Waals surface area contributed by atoms with E-state index in [1.165, 1.54) is 0 Å². The van der Waals surface area contributed by atoms with Gasteiger partial charge >= 0.3 is 0 Å². The zero-order valence-corrected chi connectivity index (χ0v) is 12.9. The van der Waals surface area contributed by atoms with Crippen molar-refractivity contribution in [2.75, 3.05) is 39.3 Å². The van der Waals surface area contributed by atoms with E-state index in [-0.39, 0.29) is 0 Å². The molecule has 108 valence electrons. The van der Waals surface area contributed by atoms with E-state index >= 15 is 0 Å². The van der Waals surface area contributed by atoms with Gasteiger partial charge in [-0.15, -0.1) is 0 Å². The van der Waals surface area contributed by atoms with Crippen molar-refractivity contribution in [3.63, 3.8) is 0 Å². The van der Waals surface area contributed by atoms with Gasteiger partial charge in [0.1, 0.15) is 6.61 Å². The average Bonchev–Trinajstić information content (AvgIpc) is 2.44. The van der Waals surface area contributed by atoms with Crippen molar-refractivity contribution in [3.8, 4) is 5.75 Å². The van der Waals surface area contributed by atoms with E-state index in [4.69, 9.17) is 19.9 Å². The van der Waals surface area contributed by atoms with Crippen molar-refractivity contribution in [3.05, 3.63) is 28.9 Å². The third-order valence-corrected chi connectivity index (χ3v) is 3.21. The molecular weight excluding hydrogens is 324 g/mol. The molecule has 0 saturated heterocycles. The van der Waals surface area contributed by atoms with Crippen LogP contribution in [0.5, 0.6) is 5.75 Å². The van der Waals surface area contributed by atoms with Crippen LogP contribution in [-0.4, -0.2) is 38.5 Å². The lowest BCUT2D eigenvalue weighted by Crippen LogP contribution is -2.11. The van der Waals surface area contributed by atoms with Gasteiger partial charge in [-0.3, -0.25) is 4.98 Å². The van der Waals surface area contributed by atoms with Gasteiger partial charge in [-0.1, -0.05) is 15.9 Å². The highest BCUT2D eigenvalue weighted by Crippen LogP contribution is 2.32. The van der Waals surface area contributed by atoms with E-state index < -0.39 is 0 Å². The summed E-state index contributed by atoms with van der Waals surface area (Å²) in [5.74, 6) is 0.645. The molecule has 0 unspecified atom stereocenters. The fourth-order valence-electron chi connectivity index (χ4n) is 1.76. The van der Waals surface area contributed by atoms with Crippen LogP contribution in [0.25, 0.3) is 10.9 Å². The number of aromatic nitrogens is 1. The molecule has 0 radical (unpaired) electrons. The first kappa shape index (κ1) is 15.0. The molecule has 20 heavy (non-hydrogen) atoms. The summed E-state index contributed by atoms with van der Waals surface area (Å²) in [6, 6.07) is 5.80. The van der Waals surface area contributed by atoms with Gasteiger partial charge in [-0.05, 0) is 18.2 Å².